The molecule has 1 aromatic heterocycles. The van der Waals surface area contributed by atoms with Crippen molar-refractivity contribution in [1.82, 2.24) is 15.2 Å². The Kier molecular flexibility index (Phi) is 4.84. The minimum Gasteiger partial charge on any atom is -0.307 e. The predicted octanol–water partition coefficient (Wildman–Crippen LogP) is 3.20. The van der Waals surface area contributed by atoms with Gasteiger partial charge in [-0.15, -0.1) is 0 Å². The van der Waals surface area contributed by atoms with E-state index in [1.807, 2.05) is 6.07 Å². The van der Waals surface area contributed by atoms with Crippen molar-refractivity contribution in [3.8, 4) is 0 Å². The van der Waals surface area contributed by atoms with Gasteiger partial charge in [0.15, 0.2) is 0 Å². The highest BCUT2D eigenvalue weighted by Gasteiger charge is 2.13. The number of rotatable bonds is 5. The van der Waals surface area contributed by atoms with Crippen LogP contribution in [0.4, 0.5) is 0 Å². The zero-order valence-corrected chi connectivity index (χ0v) is 12.9. The molecule has 0 amide bonds. The topological polar surface area (TPSA) is 28.2 Å². The Balaban J connectivity index is 1.53. The molecular formula is C18H25N3. The van der Waals surface area contributed by atoms with Crippen LogP contribution in [-0.2, 0) is 6.54 Å². The fourth-order valence-corrected chi connectivity index (χ4v) is 3.08. The van der Waals surface area contributed by atoms with Crippen LogP contribution >= 0.6 is 0 Å². The van der Waals surface area contributed by atoms with Gasteiger partial charge in [0.1, 0.15) is 0 Å². The number of aromatic nitrogens is 1. The number of likely N-dealkylation sites (tertiary alicyclic amines) is 1. The number of pyridine rings is 1. The molecule has 3 nitrogen and oxygen atoms in total. The smallest absolute Gasteiger partial charge is 0.0705 e. The molecule has 1 fully saturated rings. The standard InChI is InChI=1S/C18H25N3/c1-15(14-21-11-5-2-6-12-21)19-13-17-10-9-16-7-3-4-8-18(16)20-17/h3-4,7-10,15,19H,2,5-6,11-14H2,1H3. The summed E-state index contributed by atoms with van der Waals surface area (Å²) in [6, 6.07) is 13.1. The second-order valence-corrected chi connectivity index (χ2v) is 6.14. The number of piperidine rings is 1. The maximum Gasteiger partial charge on any atom is 0.0705 e. The first-order chi connectivity index (χ1) is 10.3. The van der Waals surface area contributed by atoms with Crippen LogP contribution in [0.3, 0.4) is 0 Å². The molecule has 112 valence electrons. The van der Waals surface area contributed by atoms with E-state index in [9.17, 15) is 0 Å². The van der Waals surface area contributed by atoms with Crippen molar-refractivity contribution >= 4 is 10.9 Å². The summed E-state index contributed by atoms with van der Waals surface area (Å²) in [7, 11) is 0. The van der Waals surface area contributed by atoms with Gasteiger partial charge in [-0.2, -0.15) is 0 Å². The Morgan fingerprint density at radius 2 is 1.90 bits per heavy atom. The third-order valence-electron chi connectivity index (χ3n) is 4.27. The molecule has 0 aliphatic carbocycles. The van der Waals surface area contributed by atoms with Gasteiger partial charge in [-0.25, -0.2) is 0 Å². The number of hydrogen-bond acceptors (Lipinski definition) is 3. The summed E-state index contributed by atoms with van der Waals surface area (Å²) < 4.78 is 0. The summed E-state index contributed by atoms with van der Waals surface area (Å²) in [4.78, 5) is 7.30. The van der Waals surface area contributed by atoms with Crippen molar-refractivity contribution in [2.45, 2.75) is 38.8 Å². The summed E-state index contributed by atoms with van der Waals surface area (Å²) in [5.41, 5.74) is 2.21. The predicted molar refractivity (Wildman–Crippen MR) is 88.3 cm³/mol. The molecule has 1 aromatic carbocycles. The maximum absolute atomic E-state index is 4.72. The largest absolute Gasteiger partial charge is 0.307 e. The van der Waals surface area contributed by atoms with Gasteiger partial charge in [0.25, 0.3) is 0 Å². The van der Waals surface area contributed by atoms with E-state index in [-0.39, 0.29) is 0 Å². The molecule has 1 saturated heterocycles. The quantitative estimate of drug-likeness (QED) is 0.913. The van der Waals surface area contributed by atoms with Crippen LogP contribution in [0.5, 0.6) is 0 Å². The van der Waals surface area contributed by atoms with E-state index in [1.54, 1.807) is 0 Å². The summed E-state index contributed by atoms with van der Waals surface area (Å²) in [6.45, 7) is 6.80. The lowest BCUT2D eigenvalue weighted by Crippen LogP contribution is -2.41. The van der Waals surface area contributed by atoms with E-state index in [0.717, 1.165) is 24.3 Å². The second kappa shape index (κ2) is 7.01. The normalized spacial score (nSPS) is 18.0. The Morgan fingerprint density at radius 1 is 1.10 bits per heavy atom. The number of nitrogens with zero attached hydrogens (tertiary/aromatic N) is 2. The summed E-state index contributed by atoms with van der Waals surface area (Å²) in [5.74, 6) is 0. The summed E-state index contributed by atoms with van der Waals surface area (Å²) in [5, 5.41) is 4.82. The molecule has 0 spiro atoms. The maximum atomic E-state index is 4.72. The molecule has 2 aromatic rings. The molecule has 1 atom stereocenters. The van der Waals surface area contributed by atoms with E-state index in [4.69, 9.17) is 4.98 Å². The van der Waals surface area contributed by atoms with Gasteiger partial charge in [-0.1, -0.05) is 30.7 Å². The molecule has 0 saturated carbocycles. The van der Waals surface area contributed by atoms with Crippen molar-refractivity contribution in [3.63, 3.8) is 0 Å². The molecule has 3 heteroatoms. The van der Waals surface area contributed by atoms with E-state index >= 15 is 0 Å². The van der Waals surface area contributed by atoms with Crippen molar-refractivity contribution in [2.24, 2.45) is 0 Å². The minimum absolute atomic E-state index is 0.511. The first kappa shape index (κ1) is 14.5. The summed E-state index contributed by atoms with van der Waals surface area (Å²) >= 11 is 0. The van der Waals surface area contributed by atoms with Gasteiger partial charge in [0.2, 0.25) is 0 Å². The zero-order chi connectivity index (χ0) is 14.5. The number of para-hydroxylation sites is 1. The molecule has 2 heterocycles. The van der Waals surface area contributed by atoms with Crippen molar-refractivity contribution < 1.29 is 0 Å². The third-order valence-corrected chi connectivity index (χ3v) is 4.27. The van der Waals surface area contributed by atoms with Gasteiger partial charge < -0.3 is 10.2 Å². The monoisotopic (exact) mass is 283 g/mol. The Labute approximate surface area is 127 Å². The molecule has 3 rings (SSSR count). The van der Waals surface area contributed by atoms with Crippen LogP contribution in [0.25, 0.3) is 10.9 Å². The zero-order valence-electron chi connectivity index (χ0n) is 12.9. The van der Waals surface area contributed by atoms with Crippen LogP contribution in [0.2, 0.25) is 0 Å². The van der Waals surface area contributed by atoms with Crippen LogP contribution in [0.1, 0.15) is 31.9 Å². The van der Waals surface area contributed by atoms with Crippen LogP contribution in [0.15, 0.2) is 36.4 Å². The molecule has 0 bridgehead atoms. The first-order valence-electron chi connectivity index (χ1n) is 8.12. The van der Waals surface area contributed by atoms with Crippen LogP contribution < -0.4 is 5.32 Å². The van der Waals surface area contributed by atoms with Gasteiger partial charge in [0, 0.05) is 24.5 Å². The van der Waals surface area contributed by atoms with E-state index < -0.39 is 0 Å². The molecule has 0 radical (unpaired) electrons. The third kappa shape index (κ3) is 4.02. The average molecular weight is 283 g/mol. The van der Waals surface area contributed by atoms with Crippen molar-refractivity contribution in [2.75, 3.05) is 19.6 Å². The van der Waals surface area contributed by atoms with Crippen molar-refractivity contribution in [3.05, 3.63) is 42.1 Å². The molecule has 1 aliphatic heterocycles. The molecular weight excluding hydrogens is 258 g/mol. The first-order valence-corrected chi connectivity index (χ1v) is 8.12. The number of fused-ring (bicyclic) bond motifs is 1. The summed E-state index contributed by atoms with van der Waals surface area (Å²) in [6.07, 6.45) is 4.12. The fraction of sp³-hybridized carbons (Fsp3) is 0.500. The lowest BCUT2D eigenvalue weighted by molar-refractivity contribution is 0.208. The van der Waals surface area contributed by atoms with Gasteiger partial charge in [-0.3, -0.25) is 4.98 Å². The number of hydrogen-bond donors (Lipinski definition) is 1. The highest BCUT2D eigenvalue weighted by molar-refractivity contribution is 5.78. The molecule has 1 N–H and O–H groups in total. The molecule has 21 heavy (non-hydrogen) atoms. The molecule has 1 aliphatic rings. The Bertz CT molecular complexity index is 575. The van der Waals surface area contributed by atoms with Gasteiger partial charge >= 0.3 is 0 Å². The van der Waals surface area contributed by atoms with E-state index in [2.05, 4.69) is 47.5 Å². The van der Waals surface area contributed by atoms with Gasteiger partial charge in [-0.05, 0) is 45.0 Å². The second-order valence-electron chi connectivity index (χ2n) is 6.14. The van der Waals surface area contributed by atoms with Gasteiger partial charge in [0.05, 0.1) is 11.2 Å². The minimum atomic E-state index is 0.511. The number of nitrogens with one attached hydrogen (secondary N) is 1. The Hall–Kier alpha value is -1.45. The SMILES string of the molecule is CC(CN1CCCCC1)NCc1ccc2ccccc2n1. The number of benzene rings is 1. The van der Waals surface area contributed by atoms with E-state index in [0.29, 0.717) is 6.04 Å². The van der Waals surface area contributed by atoms with Crippen LogP contribution in [0, 0.1) is 0 Å². The van der Waals surface area contributed by atoms with E-state index in [1.165, 1.54) is 37.7 Å². The lowest BCUT2D eigenvalue weighted by atomic mass is 10.1. The Morgan fingerprint density at radius 3 is 2.76 bits per heavy atom. The van der Waals surface area contributed by atoms with Crippen molar-refractivity contribution in [1.29, 1.82) is 0 Å². The highest BCUT2D eigenvalue weighted by atomic mass is 15.1. The average Bonchev–Trinajstić information content (AvgIpc) is 2.54. The lowest BCUT2D eigenvalue weighted by Gasteiger charge is -2.29. The fourth-order valence-electron chi connectivity index (χ4n) is 3.08. The van der Waals surface area contributed by atoms with Crippen LogP contribution in [-0.4, -0.2) is 35.6 Å². The molecule has 1 unspecified atom stereocenters. The highest BCUT2D eigenvalue weighted by Crippen LogP contribution is 2.12.